The Morgan fingerprint density at radius 2 is 1.75 bits per heavy atom. The molecular weight excluding hydrogens is 318 g/mol. The lowest BCUT2D eigenvalue weighted by Crippen LogP contribution is -2.29. The number of carbonyl (C=O) groups excluding carboxylic acids is 2. The molecule has 0 saturated heterocycles. The molecule has 0 fully saturated rings. The number of carbonyl (C=O) groups is 2. The number of rotatable bonds is 2. The van der Waals surface area contributed by atoms with Crippen LogP contribution in [0, 0.1) is 6.92 Å². The number of fused-ring (bicyclic) bond motifs is 1. The van der Waals surface area contributed by atoms with Crippen LogP contribution >= 0.6 is 15.9 Å². The summed E-state index contributed by atoms with van der Waals surface area (Å²) in [6, 6.07) is 13.2. The van der Waals surface area contributed by atoms with Crippen molar-refractivity contribution in [3.8, 4) is 0 Å². The average molecular weight is 330 g/mol. The maximum atomic E-state index is 12.1. The van der Waals surface area contributed by atoms with E-state index in [1.807, 2.05) is 37.3 Å². The van der Waals surface area contributed by atoms with Gasteiger partial charge in [-0.3, -0.25) is 9.59 Å². The molecule has 2 aromatic carbocycles. The Morgan fingerprint density at radius 3 is 2.45 bits per heavy atom. The topological polar surface area (TPSA) is 37.4 Å². The van der Waals surface area contributed by atoms with Crippen molar-refractivity contribution in [1.82, 2.24) is 0 Å². The molecule has 3 nitrogen and oxygen atoms in total. The van der Waals surface area contributed by atoms with Gasteiger partial charge in [-0.2, -0.15) is 0 Å². The highest BCUT2D eigenvalue weighted by Crippen LogP contribution is 2.32. The maximum Gasteiger partial charge on any atom is 0.299 e. The molecule has 1 amide bonds. The van der Waals surface area contributed by atoms with Crippen molar-refractivity contribution in [2.45, 2.75) is 13.5 Å². The number of halogens is 1. The van der Waals surface area contributed by atoms with Crippen molar-refractivity contribution in [2.75, 3.05) is 4.90 Å². The monoisotopic (exact) mass is 329 g/mol. The first-order valence-corrected chi connectivity index (χ1v) is 7.07. The number of hydrogen-bond acceptors (Lipinski definition) is 2. The number of aryl methyl sites for hydroxylation is 1. The lowest BCUT2D eigenvalue weighted by Gasteiger charge is -2.16. The largest absolute Gasteiger partial charge is 0.300 e. The summed E-state index contributed by atoms with van der Waals surface area (Å²) in [4.78, 5) is 25.6. The first-order valence-electron chi connectivity index (χ1n) is 6.27. The molecule has 0 spiro atoms. The zero-order valence-corrected chi connectivity index (χ0v) is 12.5. The molecule has 0 aliphatic carbocycles. The van der Waals surface area contributed by atoms with Crippen LogP contribution in [0.1, 0.15) is 21.5 Å². The fraction of sp³-hybridized carbons (Fsp3) is 0.125. The van der Waals surface area contributed by atoms with Crippen LogP contribution in [0.2, 0.25) is 0 Å². The van der Waals surface area contributed by atoms with Crippen LogP contribution < -0.4 is 4.90 Å². The Bertz CT molecular complexity index is 707. The van der Waals surface area contributed by atoms with Gasteiger partial charge < -0.3 is 4.90 Å². The van der Waals surface area contributed by atoms with Crippen molar-refractivity contribution < 1.29 is 9.59 Å². The van der Waals surface area contributed by atoms with Gasteiger partial charge in [0, 0.05) is 4.47 Å². The van der Waals surface area contributed by atoms with E-state index in [-0.39, 0.29) is 0 Å². The standard InChI is InChI=1S/C16H12BrNO2/c1-10-2-4-11(5-3-10)9-18-14-8-12(17)6-7-13(14)15(19)16(18)20/h2-8H,9H2,1H3. The van der Waals surface area contributed by atoms with Crippen LogP contribution in [0.15, 0.2) is 46.9 Å². The third-order valence-electron chi connectivity index (χ3n) is 3.40. The van der Waals surface area contributed by atoms with Crippen molar-refractivity contribution >= 4 is 33.3 Å². The molecule has 3 rings (SSSR count). The van der Waals surface area contributed by atoms with E-state index in [1.54, 1.807) is 12.1 Å². The normalized spacial score (nSPS) is 13.8. The second kappa shape index (κ2) is 4.87. The molecule has 0 N–H and O–H groups in total. The van der Waals surface area contributed by atoms with Crippen LogP contribution in [0.25, 0.3) is 0 Å². The number of hydrogen-bond donors (Lipinski definition) is 0. The molecule has 0 bridgehead atoms. The summed E-state index contributed by atoms with van der Waals surface area (Å²) < 4.78 is 0.854. The van der Waals surface area contributed by atoms with Crippen molar-refractivity contribution in [1.29, 1.82) is 0 Å². The van der Waals surface area contributed by atoms with Gasteiger partial charge in [-0.05, 0) is 30.7 Å². The highest BCUT2D eigenvalue weighted by atomic mass is 79.9. The predicted molar refractivity (Wildman–Crippen MR) is 80.8 cm³/mol. The maximum absolute atomic E-state index is 12.1. The minimum atomic E-state index is -0.460. The molecule has 0 atom stereocenters. The fourth-order valence-corrected chi connectivity index (χ4v) is 2.65. The highest BCUT2D eigenvalue weighted by Gasteiger charge is 2.35. The van der Waals surface area contributed by atoms with Gasteiger partial charge in [0.05, 0.1) is 17.8 Å². The Hall–Kier alpha value is -1.94. The molecule has 0 radical (unpaired) electrons. The lowest BCUT2D eigenvalue weighted by molar-refractivity contribution is -0.114. The molecule has 1 aliphatic heterocycles. The Balaban J connectivity index is 1.98. The van der Waals surface area contributed by atoms with Crippen molar-refractivity contribution in [3.63, 3.8) is 0 Å². The van der Waals surface area contributed by atoms with Gasteiger partial charge in [-0.25, -0.2) is 0 Å². The number of Topliss-reactive ketones (excluding diaryl/α,β-unsaturated/α-hetero) is 1. The third-order valence-corrected chi connectivity index (χ3v) is 3.89. The van der Waals surface area contributed by atoms with E-state index >= 15 is 0 Å². The second-order valence-electron chi connectivity index (χ2n) is 4.87. The van der Waals surface area contributed by atoms with Gasteiger partial charge in [0.15, 0.2) is 0 Å². The van der Waals surface area contributed by atoms with Crippen LogP contribution in [0.5, 0.6) is 0 Å². The molecule has 1 aliphatic rings. The van der Waals surface area contributed by atoms with Crippen molar-refractivity contribution in [2.24, 2.45) is 0 Å². The first kappa shape index (κ1) is 13.1. The summed E-state index contributed by atoms with van der Waals surface area (Å²) in [5.41, 5.74) is 3.32. The Labute approximate surface area is 125 Å². The number of ketones is 1. The van der Waals surface area contributed by atoms with E-state index in [9.17, 15) is 9.59 Å². The highest BCUT2D eigenvalue weighted by molar-refractivity contribution is 9.10. The van der Waals surface area contributed by atoms with Gasteiger partial charge in [0.25, 0.3) is 11.7 Å². The zero-order valence-electron chi connectivity index (χ0n) is 10.9. The van der Waals surface area contributed by atoms with Crippen molar-refractivity contribution in [3.05, 3.63) is 63.6 Å². The lowest BCUT2D eigenvalue weighted by atomic mass is 10.1. The van der Waals surface area contributed by atoms with Crippen LogP contribution in [-0.4, -0.2) is 11.7 Å². The second-order valence-corrected chi connectivity index (χ2v) is 5.78. The zero-order chi connectivity index (χ0) is 14.3. The smallest absolute Gasteiger partial charge is 0.299 e. The molecule has 0 unspecified atom stereocenters. The Kier molecular flexibility index (Phi) is 3.18. The van der Waals surface area contributed by atoms with Gasteiger partial charge in [0.1, 0.15) is 0 Å². The summed E-state index contributed by atoms with van der Waals surface area (Å²) in [5, 5.41) is 0. The van der Waals surface area contributed by atoms with Gasteiger partial charge in [0.2, 0.25) is 0 Å². The van der Waals surface area contributed by atoms with Gasteiger partial charge in [-0.1, -0.05) is 45.8 Å². The van der Waals surface area contributed by atoms with Crippen LogP contribution in [0.3, 0.4) is 0 Å². The van der Waals surface area contributed by atoms with E-state index in [4.69, 9.17) is 0 Å². The van der Waals surface area contributed by atoms with Gasteiger partial charge in [-0.15, -0.1) is 0 Å². The third kappa shape index (κ3) is 2.16. The Morgan fingerprint density at radius 1 is 1.05 bits per heavy atom. The minimum Gasteiger partial charge on any atom is -0.300 e. The van der Waals surface area contributed by atoms with E-state index in [0.29, 0.717) is 17.8 Å². The quantitative estimate of drug-likeness (QED) is 0.791. The fourth-order valence-electron chi connectivity index (χ4n) is 2.30. The van der Waals surface area contributed by atoms with Crippen LogP contribution in [0.4, 0.5) is 5.69 Å². The number of amides is 1. The molecule has 0 aromatic heterocycles. The summed E-state index contributed by atoms with van der Waals surface area (Å²) in [6.07, 6.45) is 0. The number of nitrogens with zero attached hydrogens (tertiary/aromatic N) is 1. The molecule has 4 heteroatoms. The van der Waals surface area contributed by atoms with E-state index in [2.05, 4.69) is 15.9 Å². The van der Waals surface area contributed by atoms with E-state index < -0.39 is 11.7 Å². The molecule has 0 saturated carbocycles. The molecule has 1 heterocycles. The minimum absolute atomic E-state index is 0.411. The summed E-state index contributed by atoms with van der Waals surface area (Å²) in [5.74, 6) is -0.890. The predicted octanol–water partition coefficient (Wildman–Crippen LogP) is 3.49. The summed E-state index contributed by atoms with van der Waals surface area (Å²) in [7, 11) is 0. The molecule has 100 valence electrons. The first-order chi connectivity index (χ1) is 9.56. The molecule has 20 heavy (non-hydrogen) atoms. The average Bonchev–Trinajstić information content (AvgIpc) is 2.66. The summed E-state index contributed by atoms with van der Waals surface area (Å²) in [6.45, 7) is 2.43. The van der Waals surface area contributed by atoms with E-state index in [0.717, 1.165) is 10.0 Å². The SMILES string of the molecule is Cc1ccc(CN2C(=O)C(=O)c3ccc(Br)cc32)cc1. The number of anilines is 1. The van der Waals surface area contributed by atoms with Crippen LogP contribution in [-0.2, 0) is 11.3 Å². The number of benzene rings is 2. The summed E-state index contributed by atoms with van der Waals surface area (Å²) >= 11 is 3.38. The molecule has 2 aromatic rings. The van der Waals surface area contributed by atoms with E-state index in [1.165, 1.54) is 10.5 Å². The molecular formula is C16H12BrNO2. The van der Waals surface area contributed by atoms with Gasteiger partial charge >= 0.3 is 0 Å².